The molecule has 2 rings (SSSR count). The van der Waals surface area contributed by atoms with Gasteiger partial charge in [0.2, 0.25) is 5.91 Å². The lowest BCUT2D eigenvalue weighted by Crippen LogP contribution is -2.22. The van der Waals surface area contributed by atoms with Gasteiger partial charge in [-0.1, -0.05) is 0 Å². The van der Waals surface area contributed by atoms with E-state index in [0.29, 0.717) is 18.0 Å². The first kappa shape index (κ1) is 15.3. The minimum atomic E-state index is -0.201. The molecule has 5 nitrogen and oxygen atoms in total. The number of nitrogens with one attached hydrogen (secondary N) is 1. The highest BCUT2D eigenvalue weighted by Gasteiger charge is 2.23. The third-order valence-corrected chi connectivity index (χ3v) is 5.09. The molecule has 1 aliphatic heterocycles. The van der Waals surface area contributed by atoms with Gasteiger partial charge in [-0.3, -0.25) is 9.59 Å². The number of aromatic nitrogens is 1. The Morgan fingerprint density at radius 3 is 3.10 bits per heavy atom. The van der Waals surface area contributed by atoms with Crippen LogP contribution in [0.1, 0.15) is 25.0 Å². The van der Waals surface area contributed by atoms with Gasteiger partial charge in [0.15, 0.2) is 5.13 Å². The number of amides is 1. The van der Waals surface area contributed by atoms with Crippen molar-refractivity contribution in [2.45, 2.75) is 25.7 Å². The quantitative estimate of drug-likeness (QED) is 0.816. The van der Waals surface area contributed by atoms with E-state index in [0.717, 1.165) is 30.0 Å². The van der Waals surface area contributed by atoms with Gasteiger partial charge in [-0.05, 0) is 25.0 Å². The summed E-state index contributed by atoms with van der Waals surface area (Å²) in [6.07, 6.45) is 2.78. The van der Waals surface area contributed by atoms with E-state index in [2.05, 4.69) is 15.0 Å². The topological polar surface area (TPSA) is 68.3 Å². The molecule has 0 saturated carbocycles. The predicted octanol–water partition coefficient (Wildman–Crippen LogP) is 2.33. The Kier molecular flexibility index (Phi) is 5.85. The van der Waals surface area contributed by atoms with Crippen LogP contribution in [0.5, 0.6) is 0 Å². The third-order valence-electron chi connectivity index (χ3n) is 3.12. The van der Waals surface area contributed by atoms with Crippen molar-refractivity contribution in [3.63, 3.8) is 0 Å². The molecule has 0 radical (unpaired) electrons. The first-order valence-corrected chi connectivity index (χ1v) is 8.62. The van der Waals surface area contributed by atoms with Crippen LogP contribution in [-0.2, 0) is 20.7 Å². The maximum absolute atomic E-state index is 11.9. The molecule has 1 aromatic heterocycles. The van der Waals surface area contributed by atoms with E-state index < -0.39 is 0 Å². The van der Waals surface area contributed by atoms with Crippen LogP contribution in [0.15, 0.2) is 5.38 Å². The number of thiazole rings is 1. The molecule has 0 aliphatic carbocycles. The van der Waals surface area contributed by atoms with E-state index in [-0.39, 0.29) is 17.8 Å². The lowest BCUT2D eigenvalue weighted by atomic mass is 10.1. The Morgan fingerprint density at radius 1 is 1.55 bits per heavy atom. The van der Waals surface area contributed by atoms with E-state index in [1.54, 1.807) is 0 Å². The minimum absolute atomic E-state index is 0.0745. The minimum Gasteiger partial charge on any atom is -0.469 e. The molecule has 110 valence electrons. The summed E-state index contributed by atoms with van der Waals surface area (Å²) in [5, 5.41) is 5.46. The Morgan fingerprint density at radius 2 is 2.40 bits per heavy atom. The summed E-state index contributed by atoms with van der Waals surface area (Å²) in [6.45, 7) is 0. The number of aryl methyl sites for hydroxylation is 1. The standard InChI is InChI=1S/C13H18N2O3S2/c1-18-11(16)4-2-3-10-8-20-13(14-10)15-12(17)9-5-6-19-7-9/h8-9H,2-7H2,1H3,(H,14,15,17). The van der Waals surface area contributed by atoms with Crippen LogP contribution in [0.4, 0.5) is 5.13 Å². The smallest absolute Gasteiger partial charge is 0.305 e. The number of anilines is 1. The van der Waals surface area contributed by atoms with Gasteiger partial charge in [-0.25, -0.2) is 4.98 Å². The fraction of sp³-hybridized carbons (Fsp3) is 0.615. The fourth-order valence-electron chi connectivity index (χ4n) is 1.94. The maximum atomic E-state index is 11.9. The van der Waals surface area contributed by atoms with Gasteiger partial charge in [-0.15, -0.1) is 11.3 Å². The summed E-state index contributed by atoms with van der Waals surface area (Å²) in [4.78, 5) is 27.3. The van der Waals surface area contributed by atoms with Gasteiger partial charge < -0.3 is 10.1 Å². The van der Waals surface area contributed by atoms with Gasteiger partial charge in [0, 0.05) is 23.5 Å². The van der Waals surface area contributed by atoms with Crippen molar-refractivity contribution in [2.75, 3.05) is 23.9 Å². The largest absolute Gasteiger partial charge is 0.469 e. The van der Waals surface area contributed by atoms with Gasteiger partial charge in [-0.2, -0.15) is 11.8 Å². The second-order valence-electron chi connectivity index (χ2n) is 4.62. The molecule has 20 heavy (non-hydrogen) atoms. The Bertz CT molecular complexity index is 470. The zero-order valence-electron chi connectivity index (χ0n) is 11.4. The fourth-order valence-corrected chi connectivity index (χ4v) is 3.91. The van der Waals surface area contributed by atoms with Crippen molar-refractivity contribution in [3.05, 3.63) is 11.1 Å². The molecule has 1 aliphatic rings. The predicted molar refractivity (Wildman–Crippen MR) is 81.1 cm³/mol. The lowest BCUT2D eigenvalue weighted by molar-refractivity contribution is -0.140. The van der Waals surface area contributed by atoms with E-state index in [1.165, 1.54) is 18.4 Å². The molecular weight excluding hydrogens is 296 g/mol. The van der Waals surface area contributed by atoms with Crippen LogP contribution in [-0.4, -0.2) is 35.5 Å². The highest BCUT2D eigenvalue weighted by molar-refractivity contribution is 7.99. The number of methoxy groups -OCH3 is 1. The number of hydrogen-bond donors (Lipinski definition) is 1. The normalized spacial score (nSPS) is 17.9. The molecule has 1 saturated heterocycles. The average molecular weight is 314 g/mol. The van der Waals surface area contributed by atoms with Crippen LogP contribution < -0.4 is 5.32 Å². The van der Waals surface area contributed by atoms with Crippen LogP contribution >= 0.6 is 23.1 Å². The number of carbonyl (C=O) groups excluding carboxylic acids is 2. The Hall–Kier alpha value is -1.08. The summed E-state index contributed by atoms with van der Waals surface area (Å²) in [5.74, 6) is 1.96. The molecule has 1 aromatic rings. The molecular formula is C13H18N2O3S2. The zero-order valence-corrected chi connectivity index (χ0v) is 13.0. The molecule has 1 N–H and O–H groups in total. The lowest BCUT2D eigenvalue weighted by Gasteiger charge is -2.06. The van der Waals surface area contributed by atoms with Gasteiger partial charge in [0.25, 0.3) is 0 Å². The zero-order chi connectivity index (χ0) is 14.4. The SMILES string of the molecule is COC(=O)CCCc1csc(NC(=O)C2CCSC2)n1. The van der Waals surface area contributed by atoms with Crippen molar-refractivity contribution in [3.8, 4) is 0 Å². The molecule has 0 aromatic carbocycles. The van der Waals surface area contributed by atoms with Crippen molar-refractivity contribution < 1.29 is 14.3 Å². The van der Waals surface area contributed by atoms with E-state index >= 15 is 0 Å². The van der Waals surface area contributed by atoms with Gasteiger partial charge in [0.1, 0.15) is 0 Å². The number of carbonyl (C=O) groups is 2. The van der Waals surface area contributed by atoms with E-state index in [1.807, 2.05) is 17.1 Å². The van der Waals surface area contributed by atoms with Crippen molar-refractivity contribution >= 4 is 40.1 Å². The molecule has 1 unspecified atom stereocenters. The third kappa shape index (κ3) is 4.49. The van der Waals surface area contributed by atoms with Crippen LogP contribution in [0, 0.1) is 5.92 Å². The molecule has 1 amide bonds. The van der Waals surface area contributed by atoms with Crippen LogP contribution in [0.2, 0.25) is 0 Å². The van der Waals surface area contributed by atoms with Gasteiger partial charge >= 0.3 is 5.97 Å². The van der Waals surface area contributed by atoms with E-state index in [4.69, 9.17) is 0 Å². The second kappa shape index (κ2) is 7.64. The number of nitrogens with zero attached hydrogens (tertiary/aromatic N) is 1. The average Bonchev–Trinajstić information content (AvgIpc) is 3.10. The summed E-state index contributed by atoms with van der Waals surface area (Å²) in [5.41, 5.74) is 0.912. The first-order valence-electron chi connectivity index (χ1n) is 6.59. The van der Waals surface area contributed by atoms with Gasteiger partial charge in [0.05, 0.1) is 12.8 Å². The van der Waals surface area contributed by atoms with Crippen LogP contribution in [0.3, 0.4) is 0 Å². The molecule has 0 spiro atoms. The summed E-state index contributed by atoms with van der Waals surface area (Å²) >= 11 is 3.26. The molecule has 7 heteroatoms. The highest BCUT2D eigenvalue weighted by atomic mass is 32.2. The number of hydrogen-bond acceptors (Lipinski definition) is 6. The summed E-state index contributed by atoms with van der Waals surface area (Å²) in [6, 6.07) is 0. The number of rotatable bonds is 6. The summed E-state index contributed by atoms with van der Waals surface area (Å²) in [7, 11) is 1.39. The van der Waals surface area contributed by atoms with Crippen molar-refractivity contribution in [1.29, 1.82) is 0 Å². The Labute approximate surface area is 126 Å². The maximum Gasteiger partial charge on any atom is 0.305 e. The monoisotopic (exact) mass is 314 g/mol. The van der Waals surface area contributed by atoms with Crippen molar-refractivity contribution in [1.82, 2.24) is 4.98 Å². The Balaban J connectivity index is 1.76. The van der Waals surface area contributed by atoms with Crippen molar-refractivity contribution in [2.24, 2.45) is 5.92 Å². The van der Waals surface area contributed by atoms with Crippen LogP contribution in [0.25, 0.3) is 0 Å². The second-order valence-corrected chi connectivity index (χ2v) is 6.63. The highest BCUT2D eigenvalue weighted by Crippen LogP contribution is 2.25. The molecule has 0 bridgehead atoms. The summed E-state index contributed by atoms with van der Waals surface area (Å²) < 4.78 is 4.59. The van der Waals surface area contributed by atoms with E-state index in [9.17, 15) is 9.59 Å². The molecule has 1 fully saturated rings. The number of esters is 1. The number of ether oxygens (including phenoxy) is 1. The number of thioether (sulfide) groups is 1. The first-order chi connectivity index (χ1) is 9.69. The molecule has 2 heterocycles. The molecule has 1 atom stereocenters.